The van der Waals surface area contributed by atoms with E-state index in [0.29, 0.717) is 16.3 Å². The van der Waals surface area contributed by atoms with Crippen LogP contribution in [-0.2, 0) is 0 Å². The molecule has 4 nitrogen and oxygen atoms in total. The molecule has 0 radical (unpaired) electrons. The van der Waals surface area contributed by atoms with Crippen molar-refractivity contribution >= 4 is 17.6 Å². The molecule has 19 heavy (non-hydrogen) atoms. The first-order valence-corrected chi connectivity index (χ1v) is 5.95. The zero-order chi connectivity index (χ0) is 14.2. The molecule has 1 aromatic carbocycles. The van der Waals surface area contributed by atoms with Gasteiger partial charge >= 0.3 is 5.97 Å². The number of halogens is 1. The number of aromatic carboxylic acids is 1. The van der Waals surface area contributed by atoms with E-state index in [9.17, 15) is 4.79 Å². The maximum Gasteiger partial charge on any atom is 0.337 e. The lowest BCUT2D eigenvalue weighted by Crippen LogP contribution is -2.02. The topological polar surface area (TPSA) is 66.0 Å². The van der Waals surface area contributed by atoms with E-state index >= 15 is 0 Å². The van der Waals surface area contributed by atoms with Crippen molar-refractivity contribution in [2.75, 3.05) is 0 Å². The van der Waals surface area contributed by atoms with Crippen LogP contribution in [0.1, 0.15) is 27.3 Å². The van der Waals surface area contributed by atoms with E-state index in [0.717, 1.165) is 11.4 Å². The van der Waals surface area contributed by atoms with Gasteiger partial charge in [-0.1, -0.05) is 11.6 Å². The highest BCUT2D eigenvalue weighted by Gasteiger charge is 2.16. The van der Waals surface area contributed by atoms with Crippen LogP contribution in [0.5, 0.6) is 0 Å². The van der Waals surface area contributed by atoms with Crippen LogP contribution in [0, 0.1) is 25.2 Å². The summed E-state index contributed by atoms with van der Waals surface area (Å²) in [6.07, 6.45) is 0. The predicted molar refractivity (Wildman–Crippen MR) is 71.9 cm³/mol. The Hall–Kier alpha value is -2.25. The van der Waals surface area contributed by atoms with Crippen LogP contribution in [0.3, 0.4) is 0 Å². The maximum atomic E-state index is 11.1. The fourth-order valence-electron chi connectivity index (χ4n) is 2.11. The van der Waals surface area contributed by atoms with Crippen LogP contribution in [0.15, 0.2) is 24.3 Å². The molecule has 0 fully saturated rings. The Morgan fingerprint density at radius 1 is 1.37 bits per heavy atom. The molecule has 2 rings (SSSR count). The molecule has 1 heterocycles. The van der Waals surface area contributed by atoms with E-state index in [1.165, 1.54) is 0 Å². The van der Waals surface area contributed by atoms with Gasteiger partial charge in [0.05, 0.1) is 16.1 Å². The van der Waals surface area contributed by atoms with Crippen molar-refractivity contribution in [3.8, 4) is 11.8 Å². The first-order valence-electron chi connectivity index (χ1n) is 5.58. The molecule has 0 saturated carbocycles. The molecule has 0 spiro atoms. The number of carboxylic acids is 1. The van der Waals surface area contributed by atoms with Gasteiger partial charge in [-0.15, -0.1) is 0 Å². The molecule has 1 aromatic heterocycles. The Morgan fingerprint density at radius 3 is 2.53 bits per heavy atom. The summed E-state index contributed by atoms with van der Waals surface area (Å²) in [7, 11) is 0. The highest BCUT2D eigenvalue weighted by Crippen LogP contribution is 2.24. The number of hydrogen-bond donors (Lipinski definition) is 1. The molecule has 0 amide bonds. The van der Waals surface area contributed by atoms with Crippen LogP contribution in [0.25, 0.3) is 5.69 Å². The molecule has 96 valence electrons. The number of carbonyl (C=O) groups is 1. The van der Waals surface area contributed by atoms with Crippen molar-refractivity contribution < 1.29 is 9.90 Å². The van der Waals surface area contributed by atoms with Gasteiger partial charge in [0.1, 0.15) is 6.07 Å². The lowest BCUT2D eigenvalue weighted by atomic mass is 10.2. The van der Waals surface area contributed by atoms with Crippen molar-refractivity contribution in [2.45, 2.75) is 13.8 Å². The molecule has 0 aliphatic rings. The van der Waals surface area contributed by atoms with E-state index in [2.05, 4.69) is 0 Å². The van der Waals surface area contributed by atoms with Crippen LogP contribution >= 0.6 is 11.6 Å². The molecule has 0 unspecified atom stereocenters. The van der Waals surface area contributed by atoms with Crippen molar-refractivity contribution in [1.29, 1.82) is 5.26 Å². The van der Waals surface area contributed by atoms with Crippen LogP contribution in [0.4, 0.5) is 0 Å². The van der Waals surface area contributed by atoms with Crippen molar-refractivity contribution in [2.24, 2.45) is 0 Å². The third kappa shape index (κ3) is 2.20. The van der Waals surface area contributed by atoms with Gasteiger partial charge in [-0.05, 0) is 38.1 Å². The summed E-state index contributed by atoms with van der Waals surface area (Å²) in [5.41, 5.74) is 2.83. The average Bonchev–Trinajstić information content (AvgIpc) is 2.65. The minimum absolute atomic E-state index is 0.262. The molecule has 1 N–H and O–H groups in total. The Labute approximate surface area is 115 Å². The number of rotatable bonds is 2. The summed E-state index contributed by atoms with van der Waals surface area (Å²) in [4.78, 5) is 11.1. The summed E-state index contributed by atoms with van der Waals surface area (Å²) in [6, 6.07) is 8.63. The van der Waals surface area contributed by atoms with E-state index in [1.54, 1.807) is 35.8 Å². The lowest BCUT2D eigenvalue weighted by molar-refractivity contribution is 0.0696. The number of aryl methyl sites for hydroxylation is 1. The lowest BCUT2D eigenvalue weighted by Gasteiger charge is -2.10. The molecular weight excluding hydrogens is 264 g/mol. The first-order chi connectivity index (χ1) is 8.95. The SMILES string of the molecule is Cc1cc(C(=O)O)c(C)n1-c1ccc(C#N)c(Cl)c1. The molecular formula is C14H11ClN2O2. The predicted octanol–water partition coefficient (Wildman–Crippen LogP) is 3.32. The Bertz CT molecular complexity index is 711. The third-order valence-corrected chi connectivity index (χ3v) is 3.31. The highest BCUT2D eigenvalue weighted by atomic mass is 35.5. The van der Waals surface area contributed by atoms with Crippen molar-refractivity contribution in [3.05, 3.63) is 51.8 Å². The second-order valence-electron chi connectivity index (χ2n) is 4.20. The number of aromatic nitrogens is 1. The van der Waals surface area contributed by atoms with Gasteiger partial charge < -0.3 is 9.67 Å². The monoisotopic (exact) mass is 274 g/mol. The van der Waals surface area contributed by atoms with E-state index in [-0.39, 0.29) is 5.56 Å². The van der Waals surface area contributed by atoms with Crippen LogP contribution in [0.2, 0.25) is 5.02 Å². The van der Waals surface area contributed by atoms with Crippen molar-refractivity contribution in [3.63, 3.8) is 0 Å². The summed E-state index contributed by atoms with van der Waals surface area (Å²) in [5.74, 6) is -0.959. The fraction of sp³-hybridized carbons (Fsp3) is 0.143. The second-order valence-corrected chi connectivity index (χ2v) is 4.61. The number of benzene rings is 1. The average molecular weight is 275 g/mol. The molecule has 0 atom stereocenters. The van der Waals surface area contributed by atoms with Gasteiger partial charge in [-0.2, -0.15) is 5.26 Å². The zero-order valence-corrected chi connectivity index (χ0v) is 11.2. The smallest absolute Gasteiger partial charge is 0.337 e. The maximum absolute atomic E-state index is 11.1. The minimum atomic E-state index is -0.959. The molecule has 5 heteroatoms. The molecule has 2 aromatic rings. The number of nitriles is 1. The third-order valence-electron chi connectivity index (χ3n) is 2.99. The van der Waals surface area contributed by atoms with Gasteiger partial charge in [0.2, 0.25) is 0 Å². The Morgan fingerprint density at radius 2 is 2.05 bits per heavy atom. The Balaban J connectivity index is 2.63. The number of nitrogens with zero attached hydrogens (tertiary/aromatic N) is 2. The van der Waals surface area contributed by atoms with Crippen molar-refractivity contribution in [1.82, 2.24) is 4.57 Å². The summed E-state index contributed by atoms with van der Waals surface area (Å²) < 4.78 is 1.80. The summed E-state index contributed by atoms with van der Waals surface area (Å²) in [5, 5.41) is 18.3. The second kappa shape index (κ2) is 4.79. The van der Waals surface area contributed by atoms with Gasteiger partial charge in [0, 0.05) is 17.1 Å². The van der Waals surface area contributed by atoms with Crippen LogP contribution in [-0.4, -0.2) is 15.6 Å². The standard InChI is InChI=1S/C14H11ClN2O2/c1-8-5-12(14(18)19)9(2)17(8)11-4-3-10(7-16)13(15)6-11/h3-6H,1-2H3,(H,18,19). The van der Waals surface area contributed by atoms with E-state index < -0.39 is 5.97 Å². The Kier molecular flexibility index (Phi) is 3.32. The van der Waals surface area contributed by atoms with E-state index in [1.807, 2.05) is 13.0 Å². The van der Waals surface area contributed by atoms with Gasteiger partial charge in [-0.3, -0.25) is 0 Å². The largest absolute Gasteiger partial charge is 0.478 e. The van der Waals surface area contributed by atoms with Crippen LogP contribution < -0.4 is 0 Å². The normalized spacial score (nSPS) is 10.2. The zero-order valence-electron chi connectivity index (χ0n) is 10.4. The molecule has 0 saturated heterocycles. The minimum Gasteiger partial charge on any atom is -0.478 e. The fourth-order valence-corrected chi connectivity index (χ4v) is 2.33. The molecule has 0 bridgehead atoms. The van der Waals surface area contributed by atoms with Gasteiger partial charge in [0.15, 0.2) is 0 Å². The first kappa shape index (κ1) is 13.2. The highest BCUT2D eigenvalue weighted by molar-refractivity contribution is 6.31. The number of carboxylic acid groups (broad SMARTS) is 1. The summed E-state index contributed by atoms with van der Waals surface area (Å²) in [6.45, 7) is 3.56. The van der Waals surface area contributed by atoms with E-state index in [4.69, 9.17) is 22.0 Å². The molecule has 0 aliphatic carbocycles. The molecule has 0 aliphatic heterocycles. The summed E-state index contributed by atoms with van der Waals surface area (Å²) >= 11 is 6.00. The van der Waals surface area contributed by atoms with Gasteiger partial charge in [0.25, 0.3) is 0 Å². The van der Waals surface area contributed by atoms with Gasteiger partial charge in [-0.25, -0.2) is 4.79 Å². The quantitative estimate of drug-likeness (QED) is 0.913. The number of hydrogen-bond acceptors (Lipinski definition) is 2.